The van der Waals surface area contributed by atoms with Crippen LogP contribution in [0.1, 0.15) is 24.1 Å². The summed E-state index contributed by atoms with van der Waals surface area (Å²) in [5.41, 5.74) is 1.40. The van der Waals surface area contributed by atoms with Crippen LogP contribution in [0.4, 0.5) is 4.39 Å². The molecule has 2 rings (SSSR count). The lowest BCUT2D eigenvalue weighted by atomic mass is 9.97. The number of ether oxygens (including phenoxy) is 1. The van der Waals surface area contributed by atoms with E-state index in [2.05, 4.69) is 21.2 Å². The quantitative estimate of drug-likeness (QED) is 0.802. The molecule has 0 aliphatic carbocycles. The van der Waals surface area contributed by atoms with Gasteiger partial charge in [0.2, 0.25) is 0 Å². The monoisotopic (exact) mass is 371 g/mol. The zero-order chi connectivity index (χ0) is 15.4. The predicted molar refractivity (Wildman–Crippen MR) is 87.6 cm³/mol. The van der Waals surface area contributed by atoms with Crippen LogP contribution in [0.2, 0.25) is 5.02 Å². The van der Waals surface area contributed by atoms with E-state index in [0.717, 1.165) is 15.8 Å². The summed E-state index contributed by atoms with van der Waals surface area (Å²) in [5, 5.41) is 3.52. The first kappa shape index (κ1) is 16.3. The molecule has 0 aliphatic rings. The maximum absolute atomic E-state index is 14.2. The van der Waals surface area contributed by atoms with Crippen molar-refractivity contribution in [2.75, 3.05) is 13.7 Å². The van der Waals surface area contributed by atoms with E-state index in [-0.39, 0.29) is 11.9 Å². The zero-order valence-corrected chi connectivity index (χ0v) is 14.1. The van der Waals surface area contributed by atoms with E-state index in [1.54, 1.807) is 19.2 Å². The molecule has 2 aromatic carbocycles. The number of nitrogens with one attached hydrogen (secondary N) is 1. The van der Waals surface area contributed by atoms with Crippen LogP contribution in [0.15, 0.2) is 40.9 Å². The molecule has 0 radical (unpaired) electrons. The van der Waals surface area contributed by atoms with E-state index >= 15 is 0 Å². The largest absolute Gasteiger partial charge is 0.494 e. The molecule has 1 unspecified atom stereocenters. The van der Waals surface area contributed by atoms with Crippen molar-refractivity contribution in [1.29, 1.82) is 0 Å². The van der Waals surface area contributed by atoms with Crippen molar-refractivity contribution >= 4 is 27.5 Å². The SMILES string of the molecule is CCOc1ccc(Br)cc1C(NC)c1ccc(Cl)cc1F. The van der Waals surface area contributed by atoms with Gasteiger partial charge in [-0.1, -0.05) is 33.6 Å². The van der Waals surface area contributed by atoms with Gasteiger partial charge in [0.1, 0.15) is 11.6 Å². The molecule has 0 saturated carbocycles. The van der Waals surface area contributed by atoms with Gasteiger partial charge in [-0.2, -0.15) is 0 Å². The van der Waals surface area contributed by atoms with Gasteiger partial charge in [0.05, 0.1) is 12.6 Å². The average molecular weight is 373 g/mol. The molecule has 1 N–H and O–H groups in total. The minimum Gasteiger partial charge on any atom is -0.494 e. The van der Waals surface area contributed by atoms with Crippen molar-refractivity contribution in [3.63, 3.8) is 0 Å². The summed E-state index contributed by atoms with van der Waals surface area (Å²) in [6.45, 7) is 2.47. The van der Waals surface area contributed by atoms with Crippen molar-refractivity contribution in [3.8, 4) is 5.75 Å². The van der Waals surface area contributed by atoms with Crippen LogP contribution >= 0.6 is 27.5 Å². The smallest absolute Gasteiger partial charge is 0.129 e. The van der Waals surface area contributed by atoms with Crippen molar-refractivity contribution < 1.29 is 9.13 Å². The highest BCUT2D eigenvalue weighted by Gasteiger charge is 2.20. The fourth-order valence-electron chi connectivity index (χ4n) is 2.25. The van der Waals surface area contributed by atoms with Crippen LogP contribution in [-0.2, 0) is 0 Å². The Hall–Kier alpha value is -1.10. The minimum absolute atomic E-state index is 0.318. The molecular weight excluding hydrogens is 357 g/mol. The Labute approximate surface area is 137 Å². The molecule has 0 spiro atoms. The highest BCUT2D eigenvalue weighted by molar-refractivity contribution is 9.10. The van der Waals surface area contributed by atoms with Crippen LogP contribution in [-0.4, -0.2) is 13.7 Å². The molecule has 0 aromatic heterocycles. The van der Waals surface area contributed by atoms with E-state index in [1.165, 1.54) is 6.07 Å². The molecule has 0 amide bonds. The van der Waals surface area contributed by atoms with Crippen LogP contribution in [0.3, 0.4) is 0 Å². The summed E-state index contributed by atoms with van der Waals surface area (Å²) in [5.74, 6) is 0.388. The van der Waals surface area contributed by atoms with E-state index in [0.29, 0.717) is 17.2 Å². The predicted octanol–water partition coefficient (Wildman–Crippen LogP) is 4.95. The molecule has 0 aliphatic heterocycles. The van der Waals surface area contributed by atoms with Gasteiger partial charge >= 0.3 is 0 Å². The second-order valence-corrected chi connectivity index (χ2v) is 5.85. The van der Waals surface area contributed by atoms with Crippen molar-refractivity contribution in [2.24, 2.45) is 0 Å². The highest BCUT2D eigenvalue weighted by atomic mass is 79.9. The Morgan fingerprint density at radius 1 is 1.24 bits per heavy atom. The van der Waals surface area contributed by atoms with Crippen LogP contribution in [0.5, 0.6) is 5.75 Å². The number of halogens is 3. The first-order valence-electron chi connectivity index (χ1n) is 6.61. The third-order valence-electron chi connectivity index (χ3n) is 3.14. The van der Waals surface area contributed by atoms with E-state index in [4.69, 9.17) is 16.3 Å². The molecule has 2 nitrogen and oxygen atoms in total. The Kier molecular flexibility index (Phi) is 5.62. The molecule has 5 heteroatoms. The van der Waals surface area contributed by atoms with Gasteiger partial charge in [-0.15, -0.1) is 0 Å². The third-order valence-corrected chi connectivity index (χ3v) is 3.87. The van der Waals surface area contributed by atoms with E-state index < -0.39 is 0 Å². The van der Waals surface area contributed by atoms with E-state index in [9.17, 15) is 4.39 Å². The average Bonchev–Trinajstić information content (AvgIpc) is 2.45. The van der Waals surface area contributed by atoms with Crippen LogP contribution in [0.25, 0.3) is 0 Å². The maximum Gasteiger partial charge on any atom is 0.129 e. The van der Waals surface area contributed by atoms with Crippen molar-refractivity contribution in [3.05, 3.63) is 62.8 Å². The molecule has 1 atom stereocenters. The van der Waals surface area contributed by atoms with Gasteiger partial charge < -0.3 is 10.1 Å². The lowest BCUT2D eigenvalue weighted by Crippen LogP contribution is -2.20. The Balaban J connectivity index is 2.52. The molecule has 21 heavy (non-hydrogen) atoms. The van der Waals surface area contributed by atoms with Crippen molar-refractivity contribution in [1.82, 2.24) is 5.32 Å². The lowest BCUT2D eigenvalue weighted by molar-refractivity contribution is 0.333. The zero-order valence-electron chi connectivity index (χ0n) is 11.8. The minimum atomic E-state index is -0.343. The van der Waals surface area contributed by atoms with Gasteiger partial charge in [-0.05, 0) is 44.3 Å². The molecule has 0 saturated heterocycles. The Bertz CT molecular complexity index is 636. The number of benzene rings is 2. The second kappa shape index (κ2) is 7.25. The topological polar surface area (TPSA) is 21.3 Å². The van der Waals surface area contributed by atoms with Gasteiger partial charge in [-0.3, -0.25) is 0 Å². The van der Waals surface area contributed by atoms with Gasteiger partial charge in [-0.25, -0.2) is 4.39 Å². The number of rotatable bonds is 5. The summed E-state index contributed by atoms with van der Waals surface area (Å²) in [4.78, 5) is 0. The normalized spacial score (nSPS) is 12.2. The summed E-state index contributed by atoms with van der Waals surface area (Å²) in [6, 6.07) is 10.1. The Morgan fingerprint density at radius 2 is 2.00 bits per heavy atom. The fraction of sp³-hybridized carbons (Fsp3) is 0.250. The third kappa shape index (κ3) is 3.76. The maximum atomic E-state index is 14.2. The van der Waals surface area contributed by atoms with Gasteiger partial charge in [0.25, 0.3) is 0 Å². The first-order valence-corrected chi connectivity index (χ1v) is 7.78. The van der Waals surface area contributed by atoms with E-state index in [1.807, 2.05) is 25.1 Å². The summed E-state index contributed by atoms with van der Waals surface area (Å²) >= 11 is 9.27. The summed E-state index contributed by atoms with van der Waals surface area (Å²) in [6.07, 6.45) is 0. The second-order valence-electron chi connectivity index (χ2n) is 4.50. The molecular formula is C16H16BrClFNO. The molecule has 2 aromatic rings. The standard InChI is InChI=1S/C16H16BrClFNO/c1-3-21-15-7-4-10(17)8-13(15)16(20-2)12-6-5-11(18)9-14(12)19/h4-9,16,20H,3H2,1-2H3. The van der Waals surface area contributed by atoms with Gasteiger partial charge in [0.15, 0.2) is 0 Å². The van der Waals surface area contributed by atoms with Crippen LogP contribution in [0, 0.1) is 5.82 Å². The van der Waals surface area contributed by atoms with Gasteiger partial charge in [0, 0.05) is 20.6 Å². The first-order chi connectivity index (χ1) is 10.1. The van der Waals surface area contributed by atoms with Crippen LogP contribution < -0.4 is 10.1 Å². The molecule has 112 valence electrons. The number of hydrogen-bond donors (Lipinski definition) is 1. The van der Waals surface area contributed by atoms with Crippen molar-refractivity contribution in [2.45, 2.75) is 13.0 Å². The molecule has 0 bridgehead atoms. The molecule has 0 fully saturated rings. The highest BCUT2D eigenvalue weighted by Crippen LogP contribution is 2.34. The summed E-state index contributed by atoms with van der Waals surface area (Å²) < 4.78 is 20.8. The molecule has 0 heterocycles. The fourth-order valence-corrected chi connectivity index (χ4v) is 2.78. The number of hydrogen-bond acceptors (Lipinski definition) is 2. The lowest BCUT2D eigenvalue weighted by Gasteiger charge is -2.21. The summed E-state index contributed by atoms with van der Waals surface area (Å²) in [7, 11) is 1.79. The Morgan fingerprint density at radius 3 is 2.62 bits per heavy atom.